The average Bonchev–Trinajstić information content (AvgIpc) is 3.19. The lowest BCUT2D eigenvalue weighted by Gasteiger charge is -2.45. The van der Waals surface area contributed by atoms with Crippen LogP contribution in [0.15, 0.2) is 91.0 Å². The van der Waals surface area contributed by atoms with Crippen molar-refractivity contribution < 1.29 is 14.6 Å². The van der Waals surface area contributed by atoms with Gasteiger partial charge in [-0.15, -0.1) is 0 Å². The van der Waals surface area contributed by atoms with Gasteiger partial charge in [0, 0.05) is 13.0 Å². The van der Waals surface area contributed by atoms with Crippen LogP contribution in [0.25, 0.3) is 0 Å². The molecule has 1 aliphatic rings. The summed E-state index contributed by atoms with van der Waals surface area (Å²) in [7, 11) is 0. The number of carbonyl (C=O) groups excluding carboxylic acids is 1. The second-order valence-corrected chi connectivity index (χ2v) is 7.62. The van der Waals surface area contributed by atoms with Crippen molar-refractivity contribution in [2.24, 2.45) is 0 Å². The highest BCUT2D eigenvalue weighted by Crippen LogP contribution is 2.46. The monoisotopic (exact) mass is 401 g/mol. The molecule has 1 fully saturated rings. The molecule has 30 heavy (non-hydrogen) atoms. The van der Waals surface area contributed by atoms with E-state index in [2.05, 4.69) is 41.3 Å². The average molecular weight is 402 g/mol. The van der Waals surface area contributed by atoms with Crippen LogP contribution in [0.5, 0.6) is 0 Å². The van der Waals surface area contributed by atoms with Crippen molar-refractivity contribution in [3.8, 4) is 0 Å². The minimum absolute atomic E-state index is 0.291. The van der Waals surface area contributed by atoms with Crippen LogP contribution in [-0.4, -0.2) is 41.3 Å². The largest absolute Gasteiger partial charge is 0.465 e. The van der Waals surface area contributed by atoms with Crippen molar-refractivity contribution in [1.82, 2.24) is 4.90 Å². The molecular formula is C26H27NO3. The lowest BCUT2D eigenvalue weighted by molar-refractivity contribution is -0.149. The van der Waals surface area contributed by atoms with Gasteiger partial charge < -0.3 is 9.84 Å². The maximum Gasteiger partial charge on any atom is 0.323 e. The molecular weight excluding hydrogens is 374 g/mol. The molecule has 0 amide bonds. The number of likely N-dealkylation sites (tertiary alicyclic amines) is 1. The Balaban J connectivity index is 2.01. The Morgan fingerprint density at radius 2 is 1.33 bits per heavy atom. The fourth-order valence-electron chi connectivity index (χ4n) is 4.68. The summed E-state index contributed by atoms with van der Waals surface area (Å²) < 4.78 is 5.42. The Morgan fingerprint density at radius 1 is 0.900 bits per heavy atom. The molecule has 1 heterocycles. The quantitative estimate of drug-likeness (QED) is 0.501. The fraction of sp³-hybridized carbons (Fsp3) is 0.269. The van der Waals surface area contributed by atoms with E-state index in [1.54, 1.807) is 0 Å². The molecule has 0 unspecified atom stereocenters. The molecule has 0 spiro atoms. The zero-order valence-corrected chi connectivity index (χ0v) is 17.1. The summed E-state index contributed by atoms with van der Waals surface area (Å²) >= 11 is 0. The molecule has 4 heteroatoms. The third-order valence-corrected chi connectivity index (χ3v) is 5.84. The number of esters is 1. The maximum absolute atomic E-state index is 13.0. The summed E-state index contributed by atoms with van der Waals surface area (Å²) in [5, 5.41) is 10.6. The first-order valence-electron chi connectivity index (χ1n) is 10.5. The van der Waals surface area contributed by atoms with Gasteiger partial charge in [-0.1, -0.05) is 91.0 Å². The predicted molar refractivity (Wildman–Crippen MR) is 117 cm³/mol. The molecule has 0 radical (unpaired) electrons. The number of β-amino-alcohol motifs (C(OH)–C–C–N with tert-alkyl or cyclic N) is 1. The summed E-state index contributed by atoms with van der Waals surface area (Å²) in [5.74, 6) is -0.291. The van der Waals surface area contributed by atoms with E-state index in [9.17, 15) is 9.90 Å². The summed E-state index contributed by atoms with van der Waals surface area (Å²) in [5.41, 5.74) is 2.40. The number of carbonyl (C=O) groups is 1. The highest BCUT2D eigenvalue weighted by molar-refractivity contribution is 5.77. The molecule has 2 atom stereocenters. The van der Waals surface area contributed by atoms with Gasteiger partial charge in [0.2, 0.25) is 0 Å². The summed E-state index contributed by atoms with van der Waals surface area (Å²) in [6.45, 7) is 2.50. The van der Waals surface area contributed by atoms with Gasteiger partial charge >= 0.3 is 5.97 Å². The van der Waals surface area contributed by atoms with Crippen LogP contribution in [0.1, 0.15) is 30.0 Å². The number of hydrogen-bond acceptors (Lipinski definition) is 4. The molecule has 0 bridgehead atoms. The van der Waals surface area contributed by atoms with Gasteiger partial charge in [-0.3, -0.25) is 9.69 Å². The summed E-state index contributed by atoms with van der Waals surface area (Å²) in [4.78, 5) is 15.1. The molecule has 0 aromatic heterocycles. The number of rotatable bonds is 6. The Hall–Kier alpha value is -2.95. The van der Waals surface area contributed by atoms with Gasteiger partial charge in [0.15, 0.2) is 0 Å². The molecule has 3 aromatic rings. The van der Waals surface area contributed by atoms with Crippen LogP contribution in [0.4, 0.5) is 0 Å². The summed E-state index contributed by atoms with van der Waals surface area (Å²) in [6.07, 6.45) is -0.248. The van der Waals surface area contributed by atoms with Crippen LogP contribution in [0.2, 0.25) is 0 Å². The second-order valence-electron chi connectivity index (χ2n) is 7.62. The number of nitrogens with zero attached hydrogens (tertiary/aromatic N) is 1. The van der Waals surface area contributed by atoms with Gasteiger partial charge in [0.25, 0.3) is 0 Å². The van der Waals surface area contributed by atoms with Crippen molar-refractivity contribution in [3.63, 3.8) is 0 Å². The normalized spacial score (nSPS) is 19.5. The first-order chi connectivity index (χ1) is 14.7. The molecule has 1 N–H and O–H groups in total. The third kappa shape index (κ3) is 3.53. The highest BCUT2D eigenvalue weighted by Gasteiger charge is 2.51. The molecule has 0 saturated carbocycles. The Kier molecular flexibility index (Phi) is 5.98. The smallest absolute Gasteiger partial charge is 0.323 e. The van der Waals surface area contributed by atoms with E-state index in [-0.39, 0.29) is 5.97 Å². The Bertz CT molecular complexity index is 863. The van der Waals surface area contributed by atoms with Gasteiger partial charge in [-0.05, 0) is 23.6 Å². The highest BCUT2D eigenvalue weighted by atomic mass is 16.5. The maximum atomic E-state index is 13.0. The van der Waals surface area contributed by atoms with Crippen molar-refractivity contribution in [2.75, 3.05) is 13.2 Å². The predicted octanol–water partition coefficient (Wildman–Crippen LogP) is 3.98. The zero-order valence-electron chi connectivity index (χ0n) is 17.1. The zero-order chi connectivity index (χ0) is 21.0. The van der Waals surface area contributed by atoms with E-state index in [0.29, 0.717) is 19.6 Å². The van der Waals surface area contributed by atoms with Gasteiger partial charge in [0.1, 0.15) is 6.04 Å². The number of aliphatic hydroxyl groups excluding tert-OH is 1. The molecule has 154 valence electrons. The molecule has 4 nitrogen and oxygen atoms in total. The van der Waals surface area contributed by atoms with E-state index in [0.717, 1.165) is 16.7 Å². The Labute approximate surface area is 177 Å². The molecule has 4 rings (SSSR count). The SMILES string of the molecule is CCOC(=O)[C@@H]1C[C@@H](O)CN1C(c1ccccc1)(c1ccccc1)c1ccccc1. The second kappa shape index (κ2) is 8.82. The van der Waals surface area contributed by atoms with Crippen LogP contribution in [0, 0.1) is 0 Å². The van der Waals surface area contributed by atoms with Crippen LogP contribution in [-0.2, 0) is 15.1 Å². The van der Waals surface area contributed by atoms with Crippen molar-refractivity contribution in [3.05, 3.63) is 108 Å². The van der Waals surface area contributed by atoms with Crippen LogP contribution < -0.4 is 0 Å². The van der Waals surface area contributed by atoms with E-state index >= 15 is 0 Å². The first-order valence-corrected chi connectivity index (χ1v) is 10.5. The lowest BCUT2D eigenvalue weighted by Crippen LogP contribution is -2.53. The molecule has 3 aromatic carbocycles. The van der Waals surface area contributed by atoms with E-state index in [1.807, 2.05) is 61.5 Å². The third-order valence-electron chi connectivity index (χ3n) is 5.84. The van der Waals surface area contributed by atoms with Gasteiger partial charge in [0.05, 0.1) is 18.2 Å². The standard InChI is InChI=1S/C26H27NO3/c1-2-30-25(29)24-18-23(28)19-27(24)26(20-12-6-3-7-13-20,21-14-8-4-9-15-21)22-16-10-5-11-17-22/h3-17,23-24,28H,2,18-19H2,1H3/t23-,24+/m1/s1. The topological polar surface area (TPSA) is 49.8 Å². The van der Waals surface area contributed by atoms with Crippen molar-refractivity contribution >= 4 is 5.97 Å². The van der Waals surface area contributed by atoms with Gasteiger partial charge in [-0.25, -0.2) is 0 Å². The minimum atomic E-state index is -0.737. The molecule has 0 aliphatic carbocycles. The van der Waals surface area contributed by atoms with E-state index in [4.69, 9.17) is 4.74 Å². The fourth-order valence-corrected chi connectivity index (χ4v) is 4.68. The van der Waals surface area contributed by atoms with Crippen molar-refractivity contribution in [2.45, 2.75) is 31.0 Å². The molecule has 1 saturated heterocycles. The molecule has 1 aliphatic heterocycles. The summed E-state index contributed by atoms with van der Waals surface area (Å²) in [6, 6.07) is 30.1. The van der Waals surface area contributed by atoms with Crippen molar-refractivity contribution in [1.29, 1.82) is 0 Å². The number of ether oxygens (including phenoxy) is 1. The Morgan fingerprint density at radius 3 is 1.73 bits per heavy atom. The van der Waals surface area contributed by atoms with Gasteiger partial charge in [-0.2, -0.15) is 0 Å². The minimum Gasteiger partial charge on any atom is -0.465 e. The number of benzene rings is 3. The number of hydrogen-bond donors (Lipinski definition) is 1. The lowest BCUT2D eigenvalue weighted by atomic mass is 9.75. The van der Waals surface area contributed by atoms with Crippen LogP contribution in [0.3, 0.4) is 0 Å². The van der Waals surface area contributed by atoms with Crippen LogP contribution >= 0.6 is 0 Å². The van der Waals surface area contributed by atoms with E-state index in [1.165, 1.54) is 0 Å². The first kappa shape index (κ1) is 20.3. The number of aliphatic hydroxyl groups is 1. The van der Waals surface area contributed by atoms with E-state index < -0.39 is 17.7 Å².